The molecule has 2 N–H and O–H groups in total. The molecule has 6 heteroatoms. The third kappa shape index (κ3) is 4.76. The second kappa shape index (κ2) is 6.97. The van der Waals surface area contributed by atoms with Gasteiger partial charge in [-0.05, 0) is 12.1 Å². The first-order chi connectivity index (χ1) is 6.61. The molecule has 1 aliphatic heterocycles. The summed E-state index contributed by atoms with van der Waals surface area (Å²) in [5.41, 5.74) is 0.711. The van der Waals surface area contributed by atoms with Crippen LogP contribution in [0.5, 0.6) is 5.75 Å². The molecule has 0 aromatic heterocycles. The molecule has 2 rings (SSSR count). The van der Waals surface area contributed by atoms with E-state index in [9.17, 15) is 4.79 Å². The molecule has 5 nitrogen and oxygen atoms in total. The quantitative estimate of drug-likeness (QED) is 0.652. The topological polar surface area (TPSA) is 83.8 Å². The summed E-state index contributed by atoms with van der Waals surface area (Å²) >= 11 is 0. The number of Topliss-reactive ketones (excluding diaryl/α,β-unsaturated/α-hetero) is 1. The van der Waals surface area contributed by atoms with Crippen molar-refractivity contribution in [1.29, 1.82) is 0 Å². The average molecular weight is 236 g/mol. The molecular formula is C9H9KO5. The number of fused-ring (bicyclic) bond motifs is 1. The van der Waals surface area contributed by atoms with Crippen LogP contribution in [0.25, 0.3) is 0 Å². The molecule has 0 saturated carbocycles. The molecule has 1 aromatic carbocycles. The predicted molar refractivity (Wildman–Crippen MR) is 54.1 cm³/mol. The molecule has 1 heterocycles. The minimum atomic E-state index is -1.83. The van der Waals surface area contributed by atoms with Crippen molar-refractivity contribution in [3.8, 4) is 5.75 Å². The number of benzene rings is 1. The van der Waals surface area contributed by atoms with Crippen LogP contribution >= 0.6 is 0 Å². The van der Waals surface area contributed by atoms with E-state index in [4.69, 9.17) is 19.7 Å². The van der Waals surface area contributed by atoms with E-state index in [0.29, 0.717) is 11.3 Å². The van der Waals surface area contributed by atoms with Crippen LogP contribution in [0.2, 0.25) is 0 Å². The Labute approximate surface area is 128 Å². The zero-order chi connectivity index (χ0) is 10.6. The van der Waals surface area contributed by atoms with Gasteiger partial charge in [-0.3, -0.25) is 4.79 Å². The number of para-hydroxylation sites is 1. The molecule has 0 atom stereocenters. The molecule has 76 valence electrons. The summed E-state index contributed by atoms with van der Waals surface area (Å²) in [5, 5.41) is 13.9. The molecule has 15 heavy (non-hydrogen) atoms. The van der Waals surface area contributed by atoms with E-state index >= 15 is 0 Å². The SMILES string of the molecule is O=C(O)O.O=C1COc2ccccc21.[KH]. The maximum absolute atomic E-state index is 10.9. The average Bonchev–Trinajstić information content (AvgIpc) is 2.48. The van der Waals surface area contributed by atoms with Gasteiger partial charge in [-0.25, -0.2) is 4.79 Å². The minimum absolute atomic E-state index is 0. The maximum atomic E-state index is 10.9. The summed E-state index contributed by atoms with van der Waals surface area (Å²) in [7, 11) is 0. The Morgan fingerprint density at radius 3 is 2.33 bits per heavy atom. The van der Waals surface area contributed by atoms with Crippen molar-refractivity contribution in [2.24, 2.45) is 0 Å². The molecule has 0 aliphatic carbocycles. The third-order valence-electron chi connectivity index (χ3n) is 1.55. The van der Waals surface area contributed by atoms with Crippen LogP contribution in [0.4, 0.5) is 4.79 Å². The van der Waals surface area contributed by atoms with Crippen LogP contribution < -0.4 is 4.74 Å². The second-order valence-corrected chi connectivity index (χ2v) is 2.49. The fraction of sp³-hybridized carbons (Fsp3) is 0.111. The van der Waals surface area contributed by atoms with E-state index in [2.05, 4.69) is 0 Å². The van der Waals surface area contributed by atoms with Crippen molar-refractivity contribution in [2.45, 2.75) is 0 Å². The van der Waals surface area contributed by atoms with Crippen LogP contribution in [-0.4, -0.2) is 80.1 Å². The number of ether oxygens (including phenoxy) is 1. The molecular weight excluding hydrogens is 227 g/mol. The van der Waals surface area contributed by atoms with Crippen LogP contribution in [-0.2, 0) is 0 Å². The van der Waals surface area contributed by atoms with Gasteiger partial charge in [0.15, 0.2) is 6.61 Å². The Bertz CT molecular complexity index is 359. The van der Waals surface area contributed by atoms with Crippen LogP contribution in [0.1, 0.15) is 10.4 Å². The van der Waals surface area contributed by atoms with Crippen molar-refractivity contribution in [1.82, 2.24) is 0 Å². The first kappa shape index (κ1) is 14.6. The van der Waals surface area contributed by atoms with Crippen molar-refractivity contribution in [3.05, 3.63) is 29.8 Å². The number of carbonyl (C=O) groups is 2. The molecule has 1 aromatic rings. The number of ketones is 1. The number of hydrogen-bond donors (Lipinski definition) is 2. The number of carbonyl (C=O) groups excluding carboxylic acids is 1. The summed E-state index contributed by atoms with van der Waals surface area (Å²) in [6.07, 6.45) is -1.83. The van der Waals surface area contributed by atoms with E-state index in [0.717, 1.165) is 0 Å². The molecule has 0 radical (unpaired) electrons. The normalized spacial score (nSPS) is 11.3. The predicted octanol–water partition coefficient (Wildman–Crippen LogP) is 0.836. The summed E-state index contributed by atoms with van der Waals surface area (Å²) in [6.45, 7) is 0.208. The van der Waals surface area contributed by atoms with Crippen LogP contribution in [0.15, 0.2) is 24.3 Å². The third-order valence-corrected chi connectivity index (χ3v) is 1.55. The Kier molecular flexibility index (Phi) is 6.78. The molecule has 0 bridgehead atoms. The van der Waals surface area contributed by atoms with Gasteiger partial charge in [0.1, 0.15) is 5.75 Å². The van der Waals surface area contributed by atoms with E-state index < -0.39 is 6.16 Å². The van der Waals surface area contributed by atoms with Crippen molar-refractivity contribution in [2.75, 3.05) is 6.61 Å². The Hall–Kier alpha value is -0.404. The van der Waals surface area contributed by atoms with Gasteiger partial charge in [-0.2, -0.15) is 0 Å². The van der Waals surface area contributed by atoms with Gasteiger partial charge in [-0.15, -0.1) is 0 Å². The van der Waals surface area contributed by atoms with Gasteiger partial charge in [0.05, 0.1) is 5.56 Å². The number of rotatable bonds is 0. The molecule has 0 fully saturated rings. The first-order valence-corrected chi connectivity index (χ1v) is 3.78. The Morgan fingerprint density at radius 2 is 1.80 bits per heavy atom. The van der Waals surface area contributed by atoms with Gasteiger partial charge >= 0.3 is 57.5 Å². The van der Waals surface area contributed by atoms with Crippen molar-refractivity contribution >= 4 is 63.3 Å². The van der Waals surface area contributed by atoms with Crippen LogP contribution in [0, 0.1) is 0 Å². The van der Waals surface area contributed by atoms with E-state index in [1.54, 1.807) is 12.1 Å². The number of hydrogen-bond acceptors (Lipinski definition) is 3. The molecule has 1 aliphatic rings. The molecule has 0 saturated heterocycles. The molecule has 0 unspecified atom stereocenters. The second-order valence-electron chi connectivity index (χ2n) is 2.49. The van der Waals surface area contributed by atoms with E-state index in [1.807, 2.05) is 12.1 Å². The zero-order valence-corrected chi connectivity index (χ0v) is 7.14. The standard InChI is InChI=1S/C8H6O2.CH2O3.K.H/c9-7-5-10-8-4-2-1-3-6(7)8;2-1(3)4;;/h1-4H,5H2;(H2,2,3,4);;. The van der Waals surface area contributed by atoms with Crippen LogP contribution in [0.3, 0.4) is 0 Å². The molecule has 0 spiro atoms. The van der Waals surface area contributed by atoms with E-state index in [1.165, 1.54) is 0 Å². The van der Waals surface area contributed by atoms with Gasteiger partial charge in [0.25, 0.3) is 0 Å². The first-order valence-electron chi connectivity index (χ1n) is 3.78. The fourth-order valence-electron chi connectivity index (χ4n) is 1.04. The van der Waals surface area contributed by atoms with Gasteiger partial charge < -0.3 is 14.9 Å². The Balaban J connectivity index is 0.000000346. The van der Waals surface area contributed by atoms with Gasteiger partial charge in [0.2, 0.25) is 5.78 Å². The fourth-order valence-corrected chi connectivity index (χ4v) is 1.04. The van der Waals surface area contributed by atoms with Crippen molar-refractivity contribution < 1.29 is 24.5 Å². The molecule has 0 amide bonds. The summed E-state index contributed by atoms with van der Waals surface area (Å²) in [6, 6.07) is 7.29. The van der Waals surface area contributed by atoms with E-state index in [-0.39, 0.29) is 63.8 Å². The Morgan fingerprint density at radius 1 is 1.27 bits per heavy atom. The summed E-state index contributed by atoms with van der Waals surface area (Å²) < 4.78 is 5.06. The summed E-state index contributed by atoms with van der Waals surface area (Å²) in [4.78, 5) is 19.5. The number of carboxylic acid groups (broad SMARTS) is 2. The van der Waals surface area contributed by atoms with Gasteiger partial charge in [-0.1, -0.05) is 12.1 Å². The van der Waals surface area contributed by atoms with Gasteiger partial charge in [0, 0.05) is 0 Å². The zero-order valence-electron chi connectivity index (χ0n) is 7.14. The summed E-state index contributed by atoms with van der Waals surface area (Å²) in [5.74, 6) is 0.795. The van der Waals surface area contributed by atoms with Crippen molar-refractivity contribution in [3.63, 3.8) is 0 Å². The monoisotopic (exact) mass is 236 g/mol.